The van der Waals surface area contributed by atoms with Crippen molar-refractivity contribution in [2.45, 2.75) is 20.3 Å². The largest absolute Gasteiger partial charge is 0.436 e. The van der Waals surface area contributed by atoms with E-state index in [1.54, 1.807) is 12.1 Å². The molecule has 198 valence electrons. The third-order valence-electron chi connectivity index (χ3n) is 7.23. The number of nitrogens with one attached hydrogen (secondary N) is 1. The quantitative estimate of drug-likeness (QED) is 0.270. The molecule has 40 heavy (non-hydrogen) atoms. The van der Waals surface area contributed by atoms with Crippen molar-refractivity contribution in [1.29, 1.82) is 5.26 Å². The average molecular weight is 529 g/mol. The summed E-state index contributed by atoms with van der Waals surface area (Å²) in [6.45, 7) is 5.73. The molecule has 1 saturated heterocycles. The molecule has 0 saturated carbocycles. The Hall–Kier alpha value is -5.16. The first-order valence-electron chi connectivity index (χ1n) is 13.2. The van der Waals surface area contributed by atoms with Crippen LogP contribution in [-0.4, -0.2) is 38.4 Å². The number of hydrogen-bond donors (Lipinski definition) is 1. The van der Waals surface area contributed by atoms with Crippen molar-refractivity contribution in [3.63, 3.8) is 0 Å². The van der Waals surface area contributed by atoms with Gasteiger partial charge in [0.25, 0.3) is 5.91 Å². The van der Waals surface area contributed by atoms with Crippen molar-refractivity contribution < 1.29 is 9.53 Å². The third kappa shape index (κ3) is 4.74. The van der Waals surface area contributed by atoms with E-state index in [1.165, 1.54) is 0 Å². The Morgan fingerprint density at radius 3 is 2.27 bits per heavy atom. The average Bonchev–Trinajstić information content (AvgIpc) is 3.30. The van der Waals surface area contributed by atoms with Crippen LogP contribution in [0.5, 0.6) is 11.6 Å². The highest BCUT2D eigenvalue weighted by Crippen LogP contribution is 2.36. The lowest BCUT2D eigenvalue weighted by Gasteiger charge is -2.30. The van der Waals surface area contributed by atoms with Gasteiger partial charge in [-0.25, -0.2) is 4.98 Å². The van der Waals surface area contributed by atoms with E-state index in [2.05, 4.69) is 28.5 Å². The van der Waals surface area contributed by atoms with Gasteiger partial charge in [0.1, 0.15) is 11.3 Å². The maximum Gasteiger partial charge on any atom is 0.253 e. The molecule has 0 unspecified atom stereocenters. The molecule has 1 N–H and O–H groups in total. The van der Waals surface area contributed by atoms with Crippen LogP contribution < -0.4 is 10.1 Å². The van der Waals surface area contributed by atoms with Crippen LogP contribution in [0.2, 0.25) is 0 Å². The Balaban J connectivity index is 1.29. The monoisotopic (exact) mass is 528 g/mol. The minimum atomic E-state index is 0.0961. The van der Waals surface area contributed by atoms with Gasteiger partial charge in [0.05, 0.1) is 17.1 Å². The summed E-state index contributed by atoms with van der Waals surface area (Å²) < 4.78 is 8.43. The molecule has 1 aliphatic heterocycles. The van der Waals surface area contributed by atoms with Crippen LogP contribution in [-0.2, 0) is 7.05 Å². The Bertz CT molecular complexity index is 1760. The van der Waals surface area contributed by atoms with E-state index in [1.807, 2.05) is 79.0 Å². The summed E-state index contributed by atoms with van der Waals surface area (Å²) in [5.41, 5.74) is 7.65. The van der Waals surface area contributed by atoms with Gasteiger partial charge in [-0.05, 0) is 97.1 Å². The number of nitriles is 1. The number of aromatic nitrogens is 3. The van der Waals surface area contributed by atoms with Crippen molar-refractivity contribution in [2.75, 3.05) is 18.4 Å². The summed E-state index contributed by atoms with van der Waals surface area (Å²) in [5.74, 6) is 1.68. The predicted octanol–water partition coefficient (Wildman–Crippen LogP) is 6.51. The second-order valence-electron chi connectivity index (χ2n) is 10.1. The van der Waals surface area contributed by atoms with Gasteiger partial charge in [-0.15, -0.1) is 0 Å². The second kappa shape index (κ2) is 10.2. The van der Waals surface area contributed by atoms with Crippen molar-refractivity contribution in [1.82, 2.24) is 19.4 Å². The number of rotatable bonds is 6. The fraction of sp³-hybridized carbons (Fsp3) is 0.188. The number of hydrogen-bond acceptors (Lipinski definition) is 6. The van der Waals surface area contributed by atoms with E-state index in [4.69, 9.17) is 15.0 Å². The summed E-state index contributed by atoms with van der Waals surface area (Å²) in [6, 6.07) is 23.2. The number of carbonyl (C=O) groups excluding carboxylic acids is 1. The highest BCUT2D eigenvalue weighted by Gasteiger charge is 2.21. The topological polar surface area (TPSA) is 96.1 Å². The van der Waals surface area contributed by atoms with Gasteiger partial charge in [-0.3, -0.25) is 4.79 Å². The maximum atomic E-state index is 12.5. The molecular formula is C32H28N6O2. The lowest BCUT2D eigenvalue weighted by Crippen LogP contribution is -2.41. The molecule has 0 bridgehead atoms. The molecule has 8 nitrogen and oxygen atoms in total. The van der Waals surface area contributed by atoms with E-state index < -0.39 is 0 Å². The molecule has 5 aromatic rings. The molecule has 3 aromatic carbocycles. The summed E-state index contributed by atoms with van der Waals surface area (Å²) in [5, 5.41) is 12.3. The Labute approximate surface area is 232 Å². The number of anilines is 2. The highest BCUT2D eigenvalue weighted by atomic mass is 16.5. The van der Waals surface area contributed by atoms with Crippen LogP contribution in [0.25, 0.3) is 22.2 Å². The number of nitrogens with zero attached hydrogens (tertiary/aromatic N) is 5. The van der Waals surface area contributed by atoms with E-state index in [0.717, 1.165) is 69.8 Å². The van der Waals surface area contributed by atoms with Crippen LogP contribution >= 0.6 is 0 Å². The van der Waals surface area contributed by atoms with E-state index >= 15 is 0 Å². The fourth-order valence-corrected chi connectivity index (χ4v) is 4.92. The molecule has 1 amide bonds. The summed E-state index contributed by atoms with van der Waals surface area (Å²) >= 11 is 0. The molecule has 0 atom stereocenters. The first-order chi connectivity index (χ1) is 19.4. The van der Waals surface area contributed by atoms with Crippen LogP contribution in [0, 0.1) is 25.2 Å². The van der Waals surface area contributed by atoms with E-state index in [0.29, 0.717) is 17.4 Å². The molecule has 6 rings (SSSR count). The van der Waals surface area contributed by atoms with E-state index in [9.17, 15) is 4.79 Å². The van der Waals surface area contributed by atoms with Crippen molar-refractivity contribution in [2.24, 2.45) is 7.05 Å². The maximum absolute atomic E-state index is 12.5. The second-order valence-corrected chi connectivity index (χ2v) is 10.1. The van der Waals surface area contributed by atoms with Gasteiger partial charge in [0.15, 0.2) is 0 Å². The van der Waals surface area contributed by atoms with Gasteiger partial charge in [-0.1, -0.05) is 12.1 Å². The van der Waals surface area contributed by atoms with Gasteiger partial charge in [0.2, 0.25) is 11.8 Å². The predicted molar refractivity (Wildman–Crippen MR) is 155 cm³/mol. The molecule has 3 heterocycles. The third-order valence-corrected chi connectivity index (χ3v) is 7.23. The summed E-state index contributed by atoms with van der Waals surface area (Å²) in [7, 11) is 1.94. The summed E-state index contributed by atoms with van der Waals surface area (Å²) in [6.07, 6.45) is 3.01. The standard InChI is InChI=1S/C32H28N6O2/c1-20-17-25(23-7-9-24(10-8-23)31(39)38-14-4-15-38)18-21(2)29(20)40-30-28-27(13-16-37(28)3)35-32(36-30)34-26-11-5-22(19-33)6-12-26/h5-13,16-18H,4,14-15H2,1-3H3,(H,34,35,36). The number of carbonyl (C=O) groups is 1. The zero-order valence-corrected chi connectivity index (χ0v) is 22.6. The molecule has 0 aliphatic carbocycles. The van der Waals surface area contributed by atoms with Gasteiger partial charge in [-0.2, -0.15) is 10.2 Å². The van der Waals surface area contributed by atoms with Crippen molar-refractivity contribution >= 4 is 28.6 Å². The molecule has 2 aromatic heterocycles. The van der Waals surface area contributed by atoms with Gasteiger partial charge in [0, 0.05) is 37.6 Å². The first-order valence-corrected chi connectivity index (χ1v) is 13.2. The van der Waals surface area contributed by atoms with Crippen LogP contribution in [0.3, 0.4) is 0 Å². The number of fused-ring (bicyclic) bond motifs is 1. The number of ether oxygens (including phenoxy) is 1. The van der Waals surface area contributed by atoms with E-state index in [-0.39, 0.29) is 5.91 Å². The molecule has 1 fully saturated rings. The zero-order valence-electron chi connectivity index (χ0n) is 22.6. The Morgan fingerprint density at radius 2 is 1.65 bits per heavy atom. The van der Waals surface area contributed by atoms with Gasteiger partial charge >= 0.3 is 0 Å². The lowest BCUT2D eigenvalue weighted by molar-refractivity contribution is 0.0652. The normalized spacial score (nSPS) is 12.6. The lowest BCUT2D eigenvalue weighted by atomic mass is 9.98. The smallest absolute Gasteiger partial charge is 0.253 e. The highest BCUT2D eigenvalue weighted by molar-refractivity contribution is 5.95. The summed E-state index contributed by atoms with van der Waals surface area (Å²) in [4.78, 5) is 23.8. The zero-order chi connectivity index (χ0) is 27.8. The Morgan fingerprint density at radius 1 is 0.950 bits per heavy atom. The number of amides is 1. The fourth-order valence-electron chi connectivity index (χ4n) is 4.92. The molecule has 0 radical (unpaired) electrons. The van der Waals surface area contributed by atoms with Gasteiger partial charge < -0.3 is 19.5 Å². The van der Waals surface area contributed by atoms with Crippen molar-refractivity contribution in [3.8, 4) is 28.8 Å². The number of benzene rings is 3. The molecule has 1 aliphatic rings. The number of likely N-dealkylation sites (tertiary alicyclic amines) is 1. The number of aryl methyl sites for hydroxylation is 3. The molecular weight excluding hydrogens is 500 g/mol. The Kier molecular flexibility index (Phi) is 6.40. The minimum absolute atomic E-state index is 0.0961. The first kappa shape index (κ1) is 25.1. The SMILES string of the molecule is Cc1cc(-c2ccc(C(=O)N3CCC3)cc2)cc(C)c1Oc1nc(Nc2ccc(C#N)cc2)nc2ccn(C)c12. The van der Waals surface area contributed by atoms with Crippen LogP contribution in [0.15, 0.2) is 72.9 Å². The van der Waals surface area contributed by atoms with Crippen LogP contribution in [0.1, 0.15) is 33.5 Å². The molecule has 8 heteroatoms. The van der Waals surface area contributed by atoms with Crippen molar-refractivity contribution in [3.05, 3.63) is 95.2 Å². The van der Waals surface area contributed by atoms with Crippen LogP contribution in [0.4, 0.5) is 11.6 Å². The minimum Gasteiger partial charge on any atom is -0.436 e. The molecule has 0 spiro atoms.